The predicted octanol–water partition coefficient (Wildman–Crippen LogP) is 1.27. The van der Waals surface area contributed by atoms with Crippen LogP contribution in [-0.4, -0.2) is 59.4 Å². The zero-order valence-corrected chi connectivity index (χ0v) is 14.6. The molecule has 1 aromatic heterocycles. The van der Waals surface area contributed by atoms with E-state index >= 15 is 0 Å². The van der Waals surface area contributed by atoms with Gasteiger partial charge in [0.05, 0.1) is 0 Å². The Kier molecular flexibility index (Phi) is 4.01. The molecule has 6 nitrogen and oxygen atoms in total. The number of nitrogens with zero attached hydrogens (tertiary/aromatic N) is 4. The van der Waals surface area contributed by atoms with Crippen molar-refractivity contribution in [3.05, 3.63) is 5.82 Å². The maximum absolute atomic E-state index is 12.9. The number of rotatable bonds is 2. The third-order valence-corrected chi connectivity index (χ3v) is 6.55. The Bertz CT molecular complexity index is 583. The fraction of sp³-hybridized carbons (Fsp3) is 0.812. The van der Waals surface area contributed by atoms with Crippen molar-refractivity contribution >= 4 is 22.6 Å². The van der Waals surface area contributed by atoms with Gasteiger partial charge in [-0.3, -0.25) is 4.79 Å². The molecule has 1 atom stereocenters. The molecular weight excluding hydrogens is 310 g/mol. The van der Waals surface area contributed by atoms with Crippen LogP contribution < -0.4 is 10.2 Å². The number of hydrogen-bond acceptors (Lipinski definition) is 6. The highest BCUT2D eigenvalue weighted by Crippen LogP contribution is 2.59. The van der Waals surface area contributed by atoms with Crippen LogP contribution in [-0.2, 0) is 4.79 Å². The quantitative estimate of drug-likeness (QED) is 0.882. The van der Waals surface area contributed by atoms with E-state index in [0.29, 0.717) is 17.2 Å². The molecule has 1 spiro atoms. The van der Waals surface area contributed by atoms with E-state index in [1.807, 2.05) is 6.92 Å². The van der Waals surface area contributed by atoms with E-state index in [0.717, 1.165) is 63.1 Å². The zero-order chi connectivity index (χ0) is 15.9. The Morgan fingerprint density at radius 2 is 2.09 bits per heavy atom. The Labute approximate surface area is 141 Å². The Morgan fingerprint density at radius 1 is 1.26 bits per heavy atom. The van der Waals surface area contributed by atoms with Crippen molar-refractivity contribution in [1.82, 2.24) is 19.6 Å². The van der Waals surface area contributed by atoms with Gasteiger partial charge >= 0.3 is 0 Å². The SMILES string of the molecule is Cc1nsc(N2CCCN(C(=O)C3CC34CCNCC4)CC2)n1. The van der Waals surface area contributed by atoms with Gasteiger partial charge in [0.25, 0.3) is 0 Å². The number of nitrogens with one attached hydrogen (secondary N) is 1. The minimum absolute atomic E-state index is 0.292. The molecule has 1 unspecified atom stereocenters. The first kappa shape index (κ1) is 15.3. The highest BCUT2D eigenvalue weighted by atomic mass is 32.1. The number of aromatic nitrogens is 2. The summed E-state index contributed by atoms with van der Waals surface area (Å²) < 4.78 is 4.27. The summed E-state index contributed by atoms with van der Waals surface area (Å²) in [6, 6.07) is 0. The van der Waals surface area contributed by atoms with Gasteiger partial charge in [0.15, 0.2) is 0 Å². The molecular formula is C16H25N5OS. The van der Waals surface area contributed by atoms with Gasteiger partial charge in [-0.1, -0.05) is 0 Å². The summed E-state index contributed by atoms with van der Waals surface area (Å²) >= 11 is 1.47. The Balaban J connectivity index is 1.36. The monoisotopic (exact) mass is 335 g/mol. The second-order valence-electron chi connectivity index (χ2n) is 7.16. The first-order valence-electron chi connectivity index (χ1n) is 8.73. The van der Waals surface area contributed by atoms with Gasteiger partial charge in [-0.25, -0.2) is 4.98 Å². The van der Waals surface area contributed by atoms with Crippen LogP contribution in [0.15, 0.2) is 0 Å². The van der Waals surface area contributed by atoms with E-state index < -0.39 is 0 Å². The highest BCUT2D eigenvalue weighted by Gasteiger charge is 2.58. The summed E-state index contributed by atoms with van der Waals surface area (Å²) in [7, 11) is 0. The lowest BCUT2D eigenvalue weighted by Crippen LogP contribution is -2.38. The van der Waals surface area contributed by atoms with E-state index in [1.165, 1.54) is 24.4 Å². The van der Waals surface area contributed by atoms with Gasteiger partial charge in [-0.2, -0.15) is 4.37 Å². The minimum atomic E-state index is 0.292. The molecule has 2 saturated heterocycles. The van der Waals surface area contributed by atoms with Gasteiger partial charge in [-0.05, 0) is 51.1 Å². The lowest BCUT2D eigenvalue weighted by molar-refractivity contribution is -0.133. The summed E-state index contributed by atoms with van der Waals surface area (Å²) in [5, 5.41) is 4.41. The van der Waals surface area contributed by atoms with Crippen molar-refractivity contribution in [1.29, 1.82) is 0 Å². The molecule has 3 fully saturated rings. The molecule has 1 amide bonds. The number of amides is 1. The second kappa shape index (κ2) is 6.02. The van der Waals surface area contributed by atoms with E-state index in [-0.39, 0.29) is 0 Å². The van der Waals surface area contributed by atoms with Crippen molar-refractivity contribution in [2.24, 2.45) is 11.3 Å². The lowest BCUT2D eigenvalue weighted by atomic mass is 9.91. The smallest absolute Gasteiger partial charge is 0.226 e. The standard InChI is InChI=1S/C16H25N5OS/c1-12-18-15(23-19-12)21-8-2-7-20(9-10-21)14(22)13-11-16(13)3-5-17-6-4-16/h13,17H,2-11H2,1H3. The molecule has 0 aromatic carbocycles. The molecule has 3 heterocycles. The van der Waals surface area contributed by atoms with Crippen molar-refractivity contribution in [2.45, 2.75) is 32.6 Å². The molecule has 4 rings (SSSR count). The van der Waals surface area contributed by atoms with Crippen LogP contribution in [0.1, 0.15) is 31.5 Å². The number of hydrogen-bond donors (Lipinski definition) is 1. The Morgan fingerprint density at radius 3 is 2.83 bits per heavy atom. The van der Waals surface area contributed by atoms with Gasteiger partial charge in [0, 0.05) is 43.6 Å². The normalized spacial score (nSPS) is 27.1. The first-order chi connectivity index (χ1) is 11.2. The Hall–Kier alpha value is -1.21. The minimum Gasteiger partial charge on any atom is -0.345 e. The van der Waals surface area contributed by atoms with Gasteiger partial charge < -0.3 is 15.1 Å². The van der Waals surface area contributed by atoms with Gasteiger partial charge in [-0.15, -0.1) is 0 Å². The molecule has 1 N–H and O–H groups in total. The lowest BCUT2D eigenvalue weighted by Gasteiger charge is -2.26. The van der Waals surface area contributed by atoms with Crippen LogP contribution in [0, 0.1) is 18.3 Å². The summed E-state index contributed by atoms with van der Waals surface area (Å²) in [5.74, 6) is 1.54. The molecule has 0 bridgehead atoms. The third kappa shape index (κ3) is 2.96. The number of piperidine rings is 1. The summed E-state index contributed by atoms with van der Waals surface area (Å²) in [4.78, 5) is 21.8. The van der Waals surface area contributed by atoms with Crippen molar-refractivity contribution in [3.8, 4) is 0 Å². The van der Waals surface area contributed by atoms with Crippen LogP contribution in [0.2, 0.25) is 0 Å². The molecule has 1 aromatic rings. The maximum atomic E-state index is 12.9. The van der Waals surface area contributed by atoms with E-state index in [2.05, 4.69) is 24.5 Å². The van der Waals surface area contributed by atoms with E-state index in [9.17, 15) is 4.79 Å². The molecule has 2 aliphatic heterocycles. The van der Waals surface area contributed by atoms with Crippen molar-refractivity contribution in [3.63, 3.8) is 0 Å². The third-order valence-electron chi connectivity index (χ3n) is 5.68. The topological polar surface area (TPSA) is 61.4 Å². The molecule has 126 valence electrons. The number of carbonyl (C=O) groups excluding carboxylic acids is 1. The average molecular weight is 335 g/mol. The fourth-order valence-electron chi connectivity index (χ4n) is 4.14. The largest absolute Gasteiger partial charge is 0.345 e. The molecule has 1 aliphatic carbocycles. The fourth-order valence-corrected chi connectivity index (χ4v) is 4.86. The van der Waals surface area contributed by atoms with E-state index in [1.54, 1.807) is 0 Å². The van der Waals surface area contributed by atoms with Crippen LogP contribution in [0.4, 0.5) is 5.13 Å². The second-order valence-corrected chi connectivity index (χ2v) is 7.89. The molecule has 3 aliphatic rings. The predicted molar refractivity (Wildman–Crippen MR) is 90.7 cm³/mol. The van der Waals surface area contributed by atoms with Crippen LogP contribution in [0.25, 0.3) is 0 Å². The number of carbonyl (C=O) groups is 1. The maximum Gasteiger partial charge on any atom is 0.226 e. The van der Waals surface area contributed by atoms with Crippen molar-refractivity contribution in [2.75, 3.05) is 44.2 Å². The van der Waals surface area contributed by atoms with E-state index in [4.69, 9.17) is 0 Å². The molecule has 1 saturated carbocycles. The zero-order valence-electron chi connectivity index (χ0n) is 13.8. The average Bonchev–Trinajstić information content (AvgIpc) is 3.17. The molecule has 0 radical (unpaired) electrons. The number of aryl methyl sites for hydroxylation is 1. The molecule has 23 heavy (non-hydrogen) atoms. The number of anilines is 1. The molecule has 7 heteroatoms. The van der Waals surface area contributed by atoms with Gasteiger partial charge in [0.1, 0.15) is 5.82 Å². The van der Waals surface area contributed by atoms with Crippen LogP contribution in [0.3, 0.4) is 0 Å². The van der Waals surface area contributed by atoms with Crippen LogP contribution >= 0.6 is 11.5 Å². The van der Waals surface area contributed by atoms with Gasteiger partial charge in [0.2, 0.25) is 11.0 Å². The van der Waals surface area contributed by atoms with Crippen molar-refractivity contribution < 1.29 is 4.79 Å². The van der Waals surface area contributed by atoms with Crippen LogP contribution in [0.5, 0.6) is 0 Å². The first-order valence-corrected chi connectivity index (χ1v) is 9.50. The summed E-state index contributed by atoms with van der Waals surface area (Å²) in [6.07, 6.45) is 4.48. The highest BCUT2D eigenvalue weighted by molar-refractivity contribution is 7.09. The summed E-state index contributed by atoms with van der Waals surface area (Å²) in [6.45, 7) is 7.64. The summed E-state index contributed by atoms with van der Waals surface area (Å²) in [5.41, 5.74) is 0.338.